The third kappa shape index (κ3) is 5.26. The molecule has 0 radical (unpaired) electrons. The predicted molar refractivity (Wildman–Crippen MR) is 77.9 cm³/mol. The Hall–Kier alpha value is -1.12. The molecule has 8 heteroatoms. The lowest BCUT2D eigenvalue weighted by atomic mass is 10.1. The smallest absolute Gasteiger partial charge is 0.378 e. The van der Waals surface area contributed by atoms with Crippen LogP contribution in [0.25, 0.3) is 0 Å². The van der Waals surface area contributed by atoms with Gasteiger partial charge in [0.1, 0.15) is 6.04 Å². The van der Waals surface area contributed by atoms with Crippen LogP contribution < -0.4 is 5.32 Å². The molecule has 1 aliphatic rings. The second kappa shape index (κ2) is 7.43. The largest absolute Gasteiger partial charge is 0.401 e. The van der Waals surface area contributed by atoms with Crippen molar-refractivity contribution in [3.63, 3.8) is 0 Å². The molecule has 1 aromatic heterocycles. The lowest BCUT2D eigenvalue weighted by Gasteiger charge is -2.35. The molecule has 0 unspecified atom stereocenters. The molecule has 1 saturated heterocycles. The van der Waals surface area contributed by atoms with Crippen LogP contribution in [0.15, 0.2) is 17.5 Å². The van der Waals surface area contributed by atoms with Crippen molar-refractivity contribution in [1.82, 2.24) is 10.2 Å². The van der Waals surface area contributed by atoms with Gasteiger partial charge in [0.25, 0.3) is 0 Å². The quantitative estimate of drug-likeness (QED) is 0.895. The highest BCUT2D eigenvalue weighted by atomic mass is 32.1. The summed E-state index contributed by atoms with van der Waals surface area (Å²) in [6.45, 7) is 1.07. The number of amides is 1. The third-order valence-corrected chi connectivity index (χ3v) is 4.30. The van der Waals surface area contributed by atoms with Gasteiger partial charge in [-0.15, -0.1) is 11.3 Å². The number of ether oxygens (including phenoxy) is 1. The molecule has 2 rings (SSSR count). The van der Waals surface area contributed by atoms with E-state index in [2.05, 4.69) is 5.32 Å². The number of carbonyl (C=O) groups excluding carboxylic acids is 1. The Bertz CT molecular complexity index is 479. The minimum absolute atomic E-state index is 0.00631. The van der Waals surface area contributed by atoms with Crippen molar-refractivity contribution in [2.45, 2.75) is 31.6 Å². The molecule has 0 spiro atoms. The summed E-state index contributed by atoms with van der Waals surface area (Å²) >= 11 is 1.59. The number of nitrogens with zero attached hydrogens (tertiary/aromatic N) is 1. The average molecular weight is 336 g/mol. The van der Waals surface area contributed by atoms with Crippen molar-refractivity contribution in [3.05, 3.63) is 22.4 Å². The molecule has 1 aliphatic heterocycles. The van der Waals surface area contributed by atoms with Gasteiger partial charge >= 0.3 is 6.18 Å². The first-order chi connectivity index (χ1) is 10.3. The fraction of sp³-hybridized carbons (Fsp3) is 0.643. The van der Waals surface area contributed by atoms with Gasteiger partial charge in [-0.3, -0.25) is 9.69 Å². The van der Waals surface area contributed by atoms with Gasteiger partial charge in [-0.2, -0.15) is 13.2 Å². The molecule has 0 aliphatic carbocycles. The minimum atomic E-state index is -4.32. The van der Waals surface area contributed by atoms with Crippen molar-refractivity contribution < 1.29 is 22.7 Å². The molecular formula is C14H19F3N2O2S. The maximum atomic E-state index is 12.6. The Labute approximate surface area is 131 Å². The lowest BCUT2D eigenvalue weighted by molar-refractivity contribution is -0.167. The number of halogens is 3. The van der Waals surface area contributed by atoms with Crippen molar-refractivity contribution in [2.24, 2.45) is 0 Å². The molecule has 2 atom stereocenters. The van der Waals surface area contributed by atoms with Crippen molar-refractivity contribution in [3.8, 4) is 0 Å². The number of carbonyl (C=O) groups is 1. The standard InChI is InChI=1S/C14H19F3N2O2S/c1-10(7-11-3-2-6-22-11)18-13(20)12-8-21-5-4-19(12)9-14(15,16)17/h2-3,6,10,12H,4-5,7-9H2,1H3,(H,18,20)/t10-,12+/m0/s1. The van der Waals surface area contributed by atoms with E-state index in [4.69, 9.17) is 4.74 Å². The van der Waals surface area contributed by atoms with Gasteiger partial charge in [0.2, 0.25) is 5.91 Å². The Morgan fingerprint density at radius 1 is 1.59 bits per heavy atom. The number of morpholine rings is 1. The maximum Gasteiger partial charge on any atom is 0.401 e. The van der Waals surface area contributed by atoms with Crippen LogP contribution in [-0.2, 0) is 16.0 Å². The Kier molecular flexibility index (Phi) is 5.82. The number of nitrogens with one attached hydrogen (secondary N) is 1. The van der Waals surface area contributed by atoms with Crippen LogP contribution in [0.1, 0.15) is 11.8 Å². The predicted octanol–water partition coefficient (Wildman–Crippen LogP) is 2.06. The number of hydrogen-bond acceptors (Lipinski definition) is 4. The van der Waals surface area contributed by atoms with E-state index in [1.165, 1.54) is 0 Å². The summed E-state index contributed by atoms with van der Waals surface area (Å²) in [6.07, 6.45) is -3.66. The van der Waals surface area contributed by atoms with E-state index in [1.54, 1.807) is 11.3 Å². The van der Waals surface area contributed by atoms with Gasteiger partial charge in [-0.1, -0.05) is 6.07 Å². The zero-order chi connectivity index (χ0) is 16.2. The summed E-state index contributed by atoms with van der Waals surface area (Å²) in [6, 6.07) is 2.86. The van der Waals surface area contributed by atoms with Crippen molar-refractivity contribution in [2.75, 3.05) is 26.3 Å². The fourth-order valence-electron chi connectivity index (χ4n) is 2.42. The SMILES string of the molecule is C[C@@H](Cc1cccs1)NC(=O)[C@H]1COCCN1CC(F)(F)F. The average Bonchev–Trinajstić information content (AvgIpc) is 2.90. The van der Waals surface area contributed by atoms with Gasteiger partial charge in [0.05, 0.1) is 19.8 Å². The first-order valence-electron chi connectivity index (χ1n) is 7.06. The van der Waals surface area contributed by atoms with Crippen LogP contribution >= 0.6 is 11.3 Å². The van der Waals surface area contributed by atoms with Crippen LogP contribution in [0.5, 0.6) is 0 Å². The van der Waals surface area contributed by atoms with Crippen LogP contribution in [0, 0.1) is 0 Å². The number of alkyl halides is 3. The molecule has 1 amide bonds. The molecule has 1 aromatic rings. The first-order valence-corrected chi connectivity index (χ1v) is 7.94. The van der Waals surface area contributed by atoms with Gasteiger partial charge in [-0.25, -0.2) is 0 Å². The van der Waals surface area contributed by atoms with Gasteiger partial charge < -0.3 is 10.1 Å². The Morgan fingerprint density at radius 3 is 3.00 bits per heavy atom. The molecule has 1 N–H and O–H groups in total. The van der Waals surface area contributed by atoms with E-state index in [-0.39, 0.29) is 25.8 Å². The van der Waals surface area contributed by atoms with E-state index in [0.29, 0.717) is 6.42 Å². The van der Waals surface area contributed by atoms with E-state index >= 15 is 0 Å². The highest BCUT2D eigenvalue weighted by molar-refractivity contribution is 7.09. The Morgan fingerprint density at radius 2 is 2.36 bits per heavy atom. The molecule has 0 aromatic carbocycles. The summed E-state index contributed by atoms with van der Waals surface area (Å²) in [7, 11) is 0. The van der Waals surface area contributed by atoms with Crippen LogP contribution in [0.2, 0.25) is 0 Å². The topological polar surface area (TPSA) is 41.6 Å². The van der Waals surface area contributed by atoms with E-state index < -0.39 is 24.7 Å². The summed E-state index contributed by atoms with van der Waals surface area (Å²) in [5.41, 5.74) is 0. The van der Waals surface area contributed by atoms with E-state index in [1.807, 2.05) is 24.4 Å². The number of rotatable bonds is 5. The maximum absolute atomic E-state index is 12.6. The minimum Gasteiger partial charge on any atom is -0.378 e. The van der Waals surface area contributed by atoms with Crippen molar-refractivity contribution >= 4 is 17.2 Å². The van der Waals surface area contributed by atoms with E-state index in [9.17, 15) is 18.0 Å². The van der Waals surface area contributed by atoms with Crippen LogP contribution in [0.4, 0.5) is 13.2 Å². The summed E-state index contributed by atoms with van der Waals surface area (Å²) in [4.78, 5) is 14.5. The molecule has 1 fully saturated rings. The molecule has 22 heavy (non-hydrogen) atoms. The van der Waals surface area contributed by atoms with Gasteiger partial charge in [0.15, 0.2) is 0 Å². The highest BCUT2D eigenvalue weighted by Gasteiger charge is 2.38. The second-order valence-corrected chi connectivity index (χ2v) is 6.40. The first kappa shape index (κ1) is 17.2. The summed E-state index contributed by atoms with van der Waals surface area (Å²) in [5.74, 6) is -0.409. The zero-order valence-electron chi connectivity index (χ0n) is 12.2. The normalized spacial score (nSPS) is 21.5. The van der Waals surface area contributed by atoms with Gasteiger partial charge in [-0.05, 0) is 18.4 Å². The molecular weight excluding hydrogens is 317 g/mol. The lowest BCUT2D eigenvalue weighted by Crippen LogP contribution is -2.57. The summed E-state index contributed by atoms with van der Waals surface area (Å²) in [5, 5.41) is 4.73. The van der Waals surface area contributed by atoms with E-state index in [0.717, 1.165) is 9.78 Å². The molecule has 0 bridgehead atoms. The van der Waals surface area contributed by atoms with Gasteiger partial charge in [0, 0.05) is 23.9 Å². The second-order valence-electron chi connectivity index (χ2n) is 5.37. The molecule has 2 heterocycles. The monoisotopic (exact) mass is 336 g/mol. The fourth-order valence-corrected chi connectivity index (χ4v) is 3.25. The Balaban J connectivity index is 1.90. The molecule has 0 saturated carbocycles. The number of thiophene rings is 1. The molecule has 124 valence electrons. The highest BCUT2D eigenvalue weighted by Crippen LogP contribution is 2.20. The van der Waals surface area contributed by atoms with Crippen LogP contribution in [0.3, 0.4) is 0 Å². The van der Waals surface area contributed by atoms with Crippen LogP contribution in [-0.4, -0.2) is 55.4 Å². The third-order valence-electron chi connectivity index (χ3n) is 3.40. The zero-order valence-corrected chi connectivity index (χ0v) is 13.0. The number of hydrogen-bond donors (Lipinski definition) is 1. The van der Waals surface area contributed by atoms with Crippen molar-refractivity contribution in [1.29, 1.82) is 0 Å². The summed E-state index contributed by atoms with van der Waals surface area (Å²) < 4.78 is 42.9. The molecule has 4 nitrogen and oxygen atoms in total.